The molecule has 64 valence electrons. The van der Waals surface area contributed by atoms with Gasteiger partial charge in [0.15, 0.2) is 0 Å². The summed E-state index contributed by atoms with van der Waals surface area (Å²) in [6.07, 6.45) is 0.736. The second-order valence-electron chi connectivity index (χ2n) is 3.32. The highest BCUT2D eigenvalue weighted by Crippen LogP contribution is 2.13. The van der Waals surface area contributed by atoms with E-state index in [1.54, 1.807) is 0 Å². The average Bonchev–Trinajstić information content (AvgIpc) is 1.85. The maximum absolute atomic E-state index is 10.8. The fourth-order valence-electron chi connectivity index (χ4n) is 1.57. The molecule has 1 saturated heterocycles. The first-order chi connectivity index (χ1) is 5.09. The Morgan fingerprint density at radius 3 is 2.64 bits per heavy atom. The molecule has 1 aliphatic rings. The van der Waals surface area contributed by atoms with E-state index in [-0.39, 0.29) is 17.9 Å². The summed E-state index contributed by atoms with van der Waals surface area (Å²) in [5.74, 6) is -0.282. The van der Waals surface area contributed by atoms with E-state index < -0.39 is 0 Å². The predicted octanol–water partition coefficient (Wildman–Crippen LogP) is -1.25. The summed E-state index contributed by atoms with van der Waals surface area (Å²) in [6.45, 7) is 1.62. The van der Waals surface area contributed by atoms with Crippen molar-refractivity contribution >= 4 is 5.91 Å². The lowest BCUT2D eigenvalue weighted by atomic mass is 9.95. The minimum absolute atomic E-state index is 0.0521. The Morgan fingerprint density at radius 2 is 2.18 bits per heavy atom. The third kappa shape index (κ3) is 2.17. The Balaban J connectivity index is 2.49. The number of likely N-dealkylation sites (N-methyl/N-ethyl adjacent to an activating group) is 1. The third-order valence-electron chi connectivity index (χ3n) is 2.07. The predicted molar refractivity (Wildman–Crippen MR) is 42.8 cm³/mol. The summed E-state index contributed by atoms with van der Waals surface area (Å²) >= 11 is 0. The molecule has 0 aromatic carbocycles. The number of primary amides is 1. The summed E-state index contributed by atoms with van der Waals surface area (Å²) in [6, 6.07) is 0.103. The van der Waals surface area contributed by atoms with Crippen molar-refractivity contribution in [1.29, 1.82) is 0 Å². The minimum Gasteiger partial charge on any atom is -0.369 e. The molecule has 2 unspecified atom stereocenters. The van der Waals surface area contributed by atoms with Gasteiger partial charge in [-0.25, -0.2) is 0 Å². The minimum atomic E-state index is -0.230. The van der Waals surface area contributed by atoms with Gasteiger partial charge in [-0.15, -0.1) is 0 Å². The summed E-state index contributed by atoms with van der Waals surface area (Å²) in [4.78, 5) is 12.8. The van der Waals surface area contributed by atoms with Crippen molar-refractivity contribution in [3.8, 4) is 0 Å². The molecule has 4 N–H and O–H groups in total. The molecule has 0 bridgehead atoms. The summed E-state index contributed by atoms with van der Waals surface area (Å²) < 4.78 is 0. The molecule has 0 saturated carbocycles. The Labute approximate surface area is 66.5 Å². The number of likely N-dealkylation sites (tertiary alicyclic amines) is 1. The third-order valence-corrected chi connectivity index (χ3v) is 2.07. The molecule has 0 aliphatic carbocycles. The lowest BCUT2D eigenvalue weighted by molar-refractivity contribution is -0.123. The smallest absolute Gasteiger partial charge is 0.221 e. The number of nitrogens with two attached hydrogens (primary N) is 2. The van der Waals surface area contributed by atoms with Crippen molar-refractivity contribution < 1.29 is 4.79 Å². The highest BCUT2D eigenvalue weighted by Gasteiger charge is 2.26. The Bertz CT molecular complexity index is 150. The van der Waals surface area contributed by atoms with Crippen LogP contribution in [-0.4, -0.2) is 37.0 Å². The molecule has 1 rings (SSSR count). The Kier molecular flexibility index (Phi) is 2.46. The van der Waals surface area contributed by atoms with Crippen LogP contribution < -0.4 is 11.5 Å². The summed E-state index contributed by atoms with van der Waals surface area (Å²) in [7, 11) is 1.95. The van der Waals surface area contributed by atoms with Gasteiger partial charge in [-0.05, 0) is 13.5 Å². The van der Waals surface area contributed by atoms with Gasteiger partial charge in [-0.2, -0.15) is 0 Å². The van der Waals surface area contributed by atoms with Crippen molar-refractivity contribution in [2.75, 3.05) is 20.1 Å². The van der Waals surface area contributed by atoms with Crippen LogP contribution in [0.25, 0.3) is 0 Å². The van der Waals surface area contributed by atoms with E-state index in [2.05, 4.69) is 0 Å². The topological polar surface area (TPSA) is 72.3 Å². The Morgan fingerprint density at radius 1 is 1.55 bits per heavy atom. The zero-order valence-electron chi connectivity index (χ0n) is 6.79. The van der Waals surface area contributed by atoms with Crippen LogP contribution in [-0.2, 0) is 4.79 Å². The molecule has 1 heterocycles. The molecular weight excluding hydrogens is 142 g/mol. The van der Waals surface area contributed by atoms with Gasteiger partial charge in [0.05, 0.1) is 5.92 Å². The largest absolute Gasteiger partial charge is 0.369 e. The number of hydrogen-bond acceptors (Lipinski definition) is 3. The van der Waals surface area contributed by atoms with E-state index in [1.807, 2.05) is 11.9 Å². The molecular formula is C7H15N3O. The molecule has 0 radical (unpaired) electrons. The number of piperidine rings is 1. The van der Waals surface area contributed by atoms with E-state index in [0.717, 1.165) is 19.5 Å². The van der Waals surface area contributed by atoms with Gasteiger partial charge >= 0.3 is 0 Å². The summed E-state index contributed by atoms with van der Waals surface area (Å²) in [5.41, 5.74) is 10.9. The molecule has 2 atom stereocenters. The van der Waals surface area contributed by atoms with Crippen LogP contribution in [0.15, 0.2) is 0 Å². The quantitative estimate of drug-likeness (QED) is 0.499. The average molecular weight is 157 g/mol. The van der Waals surface area contributed by atoms with Gasteiger partial charge in [-0.3, -0.25) is 4.79 Å². The number of rotatable bonds is 1. The number of carbonyl (C=O) groups is 1. The van der Waals surface area contributed by atoms with Gasteiger partial charge < -0.3 is 16.4 Å². The van der Waals surface area contributed by atoms with Crippen molar-refractivity contribution in [1.82, 2.24) is 4.90 Å². The van der Waals surface area contributed by atoms with Crippen molar-refractivity contribution in [2.24, 2.45) is 17.4 Å². The molecule has 4 nitrogen and oxygen atoms in total. The van der Waals surface area contributed by atoms with Gasteiger partial charge in [0.1, 0.15) is 0 Å². The normalized spacial score (nSPS) is 33.6. The van der Waals surface area contributed by atoms with Crippen LogP contribution in [0, 0.1) is 5.92 Å². The van der Waals surface area contributed by atoms with Crippen LogP contribution >= 0.6 is 0 Å². The summed E-state index contributed by atoms with van der Waals surface area (Å²) in [5, 5.41) is 0. The number of nitrogens with zero attached hydrogens (tertiary/aromatic N) is 1. The van der Waals surface area contributed by atoms with E-state index in [4.69, 9.17) is 11.5 Å². The van der Waals surface area contributed by atoms with Crippen LogP contribution in [0.1, 0.15) is 6.42 Å². The van der Waals surface area contributed by atoms with Gasteiger partial charge in [0.2, 0.25) is 5.91 Å². The first-order valence-electron chi connectivity index (χ1n) is 3.83. The molecule has 1 fully saturated rings. The molecule has 0 aromatic heterocycles. The number of carbonyl (C=O) groups excluding carboxylic acids is 1. The van der Waals surface area contributed by atoms with E-state index in [9.17, 15) is 4.79 Å². The molecule has 0 aromatic rings. The number of hydrogen-bond donors (Lipinski definition) is 2. The van der Waals surface area contributed by atoms with Crippen molar-refractivity contribution in [3.05, 3.63) is 0 Å². The van der Waals surface area contributed by atoms with E-state index in [0.29, 0.717) is 0 Å². The van der Waals surface area contributed by atoms with Crippen molar-refractivity contribution in [3.63, 3.8) is 0 Å². The van der Waals surface area contributed by atoms with Gasteiger partial charge in [0.25, 0.3) is 0 Å². The van der Waals surface area contributed by atoms with Crippen LogP contribution in [0.2, 0.25) is 0 Å². The first kappa shape index (κ1) is 8.49. The highest BCUT2D eigenvalue weighted by atomic mass is 16.1. The molecule has 0 spiro atoms. The maximum Gasteiger partial charge on any atom is 0.221 e. The van der Waals surface area contributed by atoms with Gasteiger partial charge in [0, 0.05) is 19.1 Å². The lowest BCUT2D eigenvalue weighted by Gasteiger charge is -2.31. The SMILES string of the molecule is CN1CC(N)CC(C(N)=O)C1. The molecule has 1 amide bonds. The molecule has 1 aliphatic heterocycles. The molecule has 4 heteroatoms. The van der Waals surface area contributed by atoms with Gasteiger partial charge in [-0.1, -0.05) is 0 Å². The van der Waals surface area contributed by atoms with Crippen LogP contribution in [0.5, 0.6) is 0 Å². The second kappa shape index (κ2) is 3.19. The van der Waals surface area contributed by atoms with Crippen LogP contribution in [0.4, 0.5) is 0 Å². The standard InChI is InChI=1S/C7H15N3O/c1-10-3-5(7(9)11)2-6(8)4-10/h5-6H,2-4,8H2,1H3,(H2,9,11). The second-order valence-corrected chi connectivity index (χ2v) is 3.32. The van der Waals surface area contributed by atoms with E-state index >= 15 is 0 Å². The highest BCUT2D eigenvalue weighted by molar-refractivity contribution is 5.77. The van der Waals surface area contributed by atoms with Crippen LogP contribution in [0.3, 0.4) is 0 Å². The van der Waals surface area contributed by atoms with Crippen molar-refractivity contribution in [2.45, 2.75) is 12.5 Å². The fraction of sp³-hybridized carbons (Fsp3) is 0.857. The zero-order valence-corrected chi connectivity index (χ0v) is 6.79. The Hall–Kier alpha value is -0.610. The maximum atomic E-state index is 10.8. The number of amides is 1. The fourth-order valence-corrected chi connectivity index (χ4v) is 1.57. The van der Waals surface area contributed by atoms with E-state index in [1.165, 1.54) is 0 Å². The lowest BCUT2D eigenvalue weighted by Crippen LogP contribution is -2.48. The first-order valence-corrected chi connectivity index (χ1v) is 3.83. The zero-order chi connectivity index (χ0) is 8.43. The molecule has 11 heavy (non-hydrogen) atoms. The monoisotopic (exact) mass is 157 g/mol.